The van der Waals surface area contributed by atoms with E-state index in [1.54, 1.807) is 11.8 Å². The van der Waals surface area contributed by atoms with E-state index in [-0.39, 0.29) is 10.5 Å². The standard InChI is InChI=1S/C14H19N3O2S2/c1-9-5-6-10-12(15-9)17(8-14(2,3)20-4)13(16-10)21-7-11(18)19/h5-6H,7-8H2,1-4H3,(H,18,19). The van der Waals surface area contributed by atoms with Gasteiger partial charge in [-0.1, -0.05) is 11.8 Å². The third kappa shape index (κ3) is 3.91. The second-order valence-corrected chi connectivity index (χ2v) is 7.88. The van der Waals surface area contributed by atoms with Crippen LogP contribution in [0.25, 0.3) is 11.2 Å². The van der Waals surface area contributed by atoms with Gasteiger partial charge >= 0.3 is 5.97 Å². The lowest BCUT2D eigenvalue weighted by atomic mass is 10.2. The molecule has 2 rings (SSSR count). The predicted octanol–water partition coefficient (Wildman–Crippen LogP) is 3.06. The molecule has 0 saturated carbocycles. The Morgan fingerprint density at radius 1 is 1.38 bits per heavy atom. The summed E-state index contributed by atoms with van der Waals surface area (Å²) in [6, 6.07) is 3.86. The van der Waals surface area contributed by atoms with Crippen molar-refractivity contribution in [1.82, 2.24) is 14.5 Å². The number of thioether (sulfide) groups is 2. The van der Waals surface area contributed by atoms with Crippen LogP contribution in [0, 0.1) is 6.92 Å². The number of carbonyl (C=O) groups is 1. The van der Waals surface area contributed by atoms with E-state index in [9.17, 15) is 4.79 Å². The summed E-state index contributed by atoms with van der Waals surface area (Å²) in [7, 11) is 0. The molecule has 0 atom stereocenters. The van der Waals surface area contributed by atoms with E-state index in [0.717, 1.165) is 23.4 Å². The Balaban J connectivity index is 2.47. The monoisotopic (exact) mass is 325 g/mol. The van der Waals surface area contributed by atoms with E-state index < -0.39 is 5.97 Å². The zero-order chi connectivity index (χ0) is 15.6. The zero-order valence-electron chi connectivity index (χ0n) is 12.6. The predicted molar refractivity (Wildman–Crippen MR) is 88.2 cm³/mol. The van der Waals surface area contributed by atoms with Gasteiger partial charge in [-0.2, -0.15) is 11.8 Å². The highest BCUT2D eigenvalue weighted by molar-refractivity contribution is 8.00. The lowest BCUT2D eigenvalue weighted by Gasteiger charge is -2.23. The van der Waals surface area contributed by atoms with E-state index >= 15 is 0 Å². The number of nitrogens with zero attached hydrogens (tertiary/aromatic N) is 3. The molecule has 1 N–H and O–H groups in total. The van der Waals surface area contributed by atoms with Gasteiger partial charge in [-0.25, -0.2) is 9.97 Å². The zero-order valence-corrected chi connectivity index (χ0v) is 14.2. The number of hydrogen-bond donors (Lipinski definition) is 1. The van der Waals surface area contributed by atoms with Crippen LogP contribution >= 0.6 is 23.5 Å². The number of carboxylic acids is 1. The van der Waals surface area contributed by atoms with Crippen LogP contribution in [0.5, 0.6) is 0 Å². The summed E-state index contributed by atoms with van der Waals surface area (Å²) in [5.74, 6) is -0.839. The number of rotatable bonds is 6. The van der Waals surface area contributed by atoms with Gasteiger partial charge in [0, 0.05) is 17.0 Å². The van der Waals surface area contributed by atoms with Crippen molar-refractivity contribution in [2.45, 2.75) is 37.2 Å². The molecular formula is C14H19N3O2S2. The van der Waals surface area contributed by atoms with Crippen LogP contribution in [-0.2, 0) is 11.3 Å². The molecule has 0 spiro atoms. The maximum Gasteiger partial charge on any atom is 0.313 e. The van der Waals surface area contributed by atoms with Crippen molar-refractivity contribution >= 4 is 40.7 Å². The number of aromatic nitrogens is 3. The summed E-state index contributed by atoms with van der Waals surface area (Å²) >= 11 is 3.01. The molecule has 0 fully saturated rings. The van der Waals surface area contributed by atoms with Crippen LogP contribution in [0.3, 0.4) is 0 Å². The van der Waals surface area contributed by atoms with Crippen molar-refractivity contribution < 1.29 is 9.90 Å². The van der Waals surface area contributed by atoms with Gasteiger partial charge in [0.1, 0.15) is 5.52 Å². The molecule has 0 aliphatic heterocycles. The van der Waals surface area contributed by atoms with Crippen molar-refractivity contribution in [1.29, 1.82) is 0 Å². The minimum absolute atomic E-state index is 0.00198. The molecule has 5 nitrogen and oxygen atoms in total. The largest absolute Gasteiger partial charge is 0.481 e. The summed E-state index contributed by atoms with van der Waals surface area (Å²) in [4.78, 5) is 19.9. The average Bonchev–Trinajstić information content (AvgIpc) is 2.74. The quantitative estimate of drug-likeness (QED) is 0.823. The molecule has 21 heavy (non-hydrogen) atoms. The van der Waals surface area contributed by atoms with Gasteiger partial charge in [-0.05, 0) is 39.2 Å². The van der Waals surface area contributed by atoms with E-state index in [1.807, 2.05) is 23.6 Å². The molecular weight excluding hydrogens is 306 g/mol. The maximum absolute atomic E-state index is 10.8. The van der Waals surface area contributed by atoms with Crippen molar-refractivity contribution in [3.05, 3.63) is 17.8 Å². The highest BCUT2D eigenvalue weighted by Gasteiger charge is 2.22. The molecule has 0 bridgehead atoms. The molecule has 0 amide bonds. The summed E-state index contributed by atoms with van der Waals surface area (Å²) in [6.45, 7) is 7.00. The second-order valence-electron chi connectivity index (χ2n) is 5.42. The minimum atomic E-state index is -0.841. The van der Waals surface area contributed by atoms with Gasteiger partial charge < -0.3 is 9.67 Å². The lowest BCUT2D eigenvalue weighted by molar-refractivity contribution is -0.133. The highest BCUT2D eigenvalue weighted by atomic mass is 32.2. The fraction of sp³-hybridized carbons (Fsp3) is 0.500. The lowest BCUT2D eigenvalue weighted by Crippen LogP contribution is -2.23. The Morgan fingerprint density at radius 3 is 2.71 bits per heavy atom. The molecule has 2 aromatic rings. The third-order valence-electron chi connectivity index (χ3n) is 3.11. The molecule has 2 heterocycles. The molecule has 0 aliphatic carbocycles. The SMILES string of the molecule is CSC(C)(C)Cn1c(SCC(=O)O)nc2ccc(C)nc21. The van der Waals surface area contributed by atoms with Crippen LogP contribution in [0.2, 0.25) is 0 Å². The van der Waals surface area contributed by atoms with Crippen molar-refractivity contribution in [2.75, 3.05) is 12.0 Å². The first-order valence-corrected chi connectivity index (χ1v) is 8.77. The van der Waals surface area contributed by atoms with E-state index in [0.29, 0.717) is 5.16 Å². The molecule has 114 valence electrons. The highest BCUT2D eigenvalue weighted by Crippen LogP contribution is 2.29. The first-order chi connectivity index (χ1) is 9.82. The summed E-state index contributed by atoms with van der Waals surface area (Å²) < 4.78 is 2.06. The number of hydrogen-bond acceptors (Lipinski definition) is 5. The first-order valence-electron chi connectivity index (χ1n) is 6.56. The Labute approximate surface area is 132 Å². The summed E-state index contributed by atoms with van der Waals surface area (Å²) in [5, 5.41) is 9.60. The number of imidazole rings is 1. The molecule has 7 heteroatoms. The molecule has 0 aromatic carbocycles. The van der Waals surface area contributed by atoms with Gasteiger partial charge in [-0.3, -0.25) is 4.79 Å². The fourth-order valence-electron chi connectivity index (χ4n) is 1.90. The van der Waals surface area contributed by atoms with Gasteiger partial charge in [0.05, 0.1) is 5.75 Å². The van der Waals surface area contributed by atoms with Gasteiger partial charge in [0.2, 0.25) is 0 Å². The number of carboxylic acid groups (broad SMARTS) is 1. The van der Waals surface area contributed by atoms with Crippen LogP contribution in [0.1, 0.15) is 19.5 Å². The van der Waals surface area contributed by atoms with Gasteiger partial charge in [0.25, 0.3) is 0 Å². The van der Waals surface area contributed by atoms with Gasteiger partial charge in [-0.15, -0.1) is 0 Å². The maximum atomic E-state index is 10.8. The Hall–Kier alpha value is -1.21. The second kappa shape index (κ2) is 6.27. The van der Waals surface area contributed by atoms with Crippen molar-refractivity contribution in [2.24, 2.45) is 0 Å². The Bertz CT molecular complexity index is 668. The molecule has 0 aliphatic rings. The van der Waals surface area contributed by atoms with Crippen LogP contribution in [-0.4, -0.2) is 42.4 Å². The number of fused-ring (bicyclic) bond motifs is 1. The molecule has 0 unspecified atom stereocenters. The van der Waals surface area contributed by atoms with Crippen LogP contribution < -0.4 is 0 Å². The first kappa shape index (κ1) is 16.2. The van der Waals surface area contributed by atoms with Crippen molar-refractivity contribution in [3.8, 4) is 0 Å². The third-order valence-corrected chi connectivity index (χ3v) is 5.31. The average molecular weight is 325 g/mol. The number of aliphatic carboxylic acids is 1. The smallest absolute Gasteiger partial charge is 0.313 e. The number of pyridine rings is 1. The van der Waals surface area contributed by atoms with Crippen molar-refractivity contribution in [3.63, 3.8) is 0 Å². The molecule has 0 saturated heterocycles. The molecule has 0 radical (unpaired) electrons. The molecule has 2 aromatic heterocycles. The van der Waals surface area contributed by atoms with Crippen LogP contribution in [0.15, 0.2) is 17.3 Å². The Morgan fingerprint density at radius 2 is 2.10 bits per heavy atom. The van der Waals surface area contributed by atoms with E-state index in [2.05, 4.69) is 30.1 Å². The topological polar surface area (TPSA) is 68.0 Å². The van der Waals surface area contributed by atoms with Crippen LogP contribution in [0.4, 0.5) is 0 Å². The minimum Gasteiger partial charge on any atom is -0.481 e. The summed E-state index contributed by atoms with van der Waals surface area (Å²) in [6.07, 6.45) is 2.07. The van der Waals surface area contributed by atoms with Gasteiger partial charge in [0.15, 0.2) is 10.8 Å². The fourth-order valence-corrected chi connectivity index (χ4v) is 2.88. The normalized spacial score (nSPS) is 12.0. The number of aryl methyl sites for hydroxylation is 1. The summed E-state index contributed by atoms with van der Waals surface area (Å²) in [5.41, 5.74) is 2.57. The van der Waals surface area contributed by atoms with E-state index in [1.165, 1.54) is 11.8 Å². The Kier molecular flexibility index (Phi) is 4.83. The van der Waals surface area contributed by atoms with E-state index in [4.69, 9.17) is 5.11 Å².